The van der Waals surface area contributed by atoms with Crippen LogP contribution in [0.1, 0.15) is 5.56 Å². The van der Waals surface area contributed by atoms with Crippen LogP contribution in [-0.4, -0.2) is 41.9 Å². The molecule has 0 spiro atoms. The molecular formula is C15H12FIN4O4. The van der Waals surface area contributed by atoms with Gasteiger partial charge in [0.15, 0.2) is 12.3 Å². The standard InChI is InChI=1S/C15H12FIN4O4/c1-22-20-12(15-21-24-7-6-23-15)9-4-2-3-5-10(9)25-14-11(16)13(17)18-8-19-14/h2-5,8H,6-7H2,1H3/b20-12+. The van der Waals surface area contributed by atoms with Crippen LogP contribution in [0.4, 0.5) is 4.39 Å². The first-order valence-electron chi connectivity index (χ1n) is 7.08. The van der Waals surface area contributed by atoms with Gasteiger partial charge in [-0.15, -0.1) is 0 Å². The smallest absolute Gasteiger partial charge is 0.280 e. The third kappa shape index (κ3) is 3.95. The molecule has 2 aromatic rings. The van der Waals surface area contributed by atoms with Gasteiger partial charge >= 0.3 is 0 Å². The number of rotatable bonds is 5. The van der Waals surface area contributed by atoms with Crippen LogP contribution in [0.2, 0.25) is 0 Å². The van der Waals surface area contributed by atoms with Gasteiger partial charge in [-0.3, -0.25) is 0 Å². The van der Waals surface area contributed by atoms with Crippen LogP contribution >= 0.6 is 22.6 Å². The van der Waals surface area contributed by atoms with E-state index in [4.69, 9.17) is 19.1 Å². The summed E-state index contributed by atoms with van der Waals surface area (Å²) in [7, 11) is 1.39. The molecule has 0 saturated carbocycles. The van der Waals surface area contributed by atoms with Crippen LogP contribution in [0, 0.1) is 9.52 Å². The largest absolute Gasteiger partial charge is 0.470 e. The maximum atomic E-state index is 14.1. The van der Waals surface area contributed by atoms with Crippen molar-refractivity contribution in [2.24, 2.45) is 10.3 Å². The highest BCUT2D eigenvalue weighted by atomic mass is 127. The molecule has 0 saturated heterocycles. The van der Waals surface area contributed by atoms with E-state index in [1.165, 1.54) is 13.4 Å². The molecule has 0 N–H and O–H groups in total. The molecule has 1 aliphatic heterocycles. The van der Waals surface area contributed by atoms with Gasteiger partial charge in [-0.25, -0.2) is 4.98 Å². The quantitative estimate of drug-likeness (QED) is 0.297. The number of halogens is 2. The molecule has 2 heterocycles. The van der Waals surface area contributed by atoms with Crippen LogP contribution in [0.15, 0.2) is 40.9 Å². The van der Waals surface area contributed by atoms with Crippen LogP contribution in [0.5, 0.6) is 11.6 Å². The van der Waals surface area contributed by atoms with E-state index in [2.05, 4.69) is 20.3 Å². The first-order valence-corrected chi connectivity index (χ1v) is 8.16. The number of hydrogen-bond donors (Lipinski definition) is 0. The zero-order chi connectivity index (χ0) is 17.6. The Morgan fingerprint density at radius 2 is 2.12 bits per heavy atom. The van der Waals surface area contributed by atoms with Crippen molar-refractivity contribution < 1.29 is 23.5 Å². The summed E-state index contributed by atoms with van der Waals surface area (Å²) in [5.41, 5.74) is 0.726. The van der Waals surface area contributed by atoms with Crippen molar-refractivity contribution >= 4 is 34.2 Å². The second-order valence-corrected chi connectivity index (χ2v) is 5.60. The molecule has 1 aromatic carbocycles. The molecule has 1 aromatic heterocycles. The lowest BCUT2D eigenvalue weighted by Gasteiger charge is -2.16. The molecule has 3 rings (SSSR count). The van der Waals surface area contributed by atoms with E-state index in [0.717, 1.165) is 0 Å². The van der Waals surface area contributed by atoms with Gasteiger partial charge in [0.1, 0.15) is 29.5 Å². The summed E-state index contributed by atoms with van der Waals surface area (Å²) in [5.74, 6) is -0.422. The highest BCUT2D eigenvalue weighted by molar-refractivity contribution is 14.1. The Morgan fingerprint density at radius 3 is 2.88 bits per heavy atom. The number of nitrogens with zero attached hydrogens (tertiary/aromatic N) is 4. The van der Waals surface area contributed by atoms with E-state index < -0.39 is 5.82 Å². The topological polar surface area (TPSA) is 87.4 Å². The average Bonchev–Trinajstić information content (AvgIpc) is 2.65. The summed E-state index contributed by atoms with van der Waals surface area (Å²) in [6.07, 6.45) is 1.22. The van der Waals surface area contributed by atoms with Gasteiger partial charge in [0.2, 0.25) is 5.82 Å². The number of para-hydroxylation sites is 1. The highest BCUT2D eigenvalue weighted by Gasteiger charge is 2.23. The fraction of sp³-hybridized carbons (Fsp3) is 0.200. The molecular weight excluding hydrogens is 446 g/mol. The van der Waals surface area contributed by atoms with Crippen LogP contribution < -0.4 is 4.74 Å². The lowest BCUT2D eigenvalue weighted by Crippen LogP contribution is -2.25. The van der Waals surface area contributed by atoms with Crippen molar-refractivity contribution in [2.45, 2.75) is 0 Å². The van der Waals surface area contributed by atoms with Crippen molar-refractivity contribution in [2.75, 3.05) is 20.3 Å². The first-order chi connectivity index (χ1) is 12.2. The monoisotopic (exact) mass is 458 g/mol. The number of hydrogen-bond acceptors (Lipinski definition) is 8. The summed E-state index contributed by atoms with van der Waals surface area (Å²) in [6.45, 7) is 0.663. The van der Waals surface area contributed by atoms with Gasteiger partial charge in [0, 0.05) is 0 Å². The van der Waals surface area contributed by atoms with E-state index >= 15 is 0 Å². The minimum absolute atomic E-state index is 0.141. The van der Waals surface area contributed by atoms with Crippen LogP contribution in [0.25, 0.3) is 0 Å². The van der Waals surface area contributed by atoms with E-state index in [0.29, 0.717) is 24.5 Å². The summed E-state index contributed by atoms with van der Waals surface area (Å²) in [5, 5.41) is 7.76. The summed E-state index contributed by atoms with van der Waals surface area (Å²) in [4.78, 5) is 17.5. The summed E-state index contributed by atoms with van der Waals surface area (Å²) in [6, 6.07) is 6.84. The number of benzene rings is 1. The number of aromatic nitrogens is 2. The first kappa shape index (κ1) is 17.3. The van der Waals surface area contributed by atoms with E-state index in [-0.39, 0.29) is 21.2 Å². The predicted octanol–water partition coefficient (Wildman–Crippen LogP) is 2.72. The van der Waals surface area contributed by atoms with Crippen molar-refractivity contribution in [1.82, 2.24) is 9.97 Å². The maximum absolute atomic E-state index is 14.1. The third-order valence-electron chi connectivity index (χ3n) is 3.01. The van der Waals surface area contributed by atoms with Crippen molar-refractivity contribution in [1.29, 1.82) is 0 Å². The second kappa shape index (κ2) is 8.05. The number of oxime groups is 2. The molecule has 10 heteroatoms. The van der Waals surface area contributed by atoms with Gasteiger partial charge in [-0.1, -0.05) is 17.3 Å². The molecule has 0 bridgehead atoms. The van der Waals surface area contributed by atoms with Gasteiger partial charge in [-0.2, -0.15) is 9.37 Å². The maximum Gasteiger partial charge on any atom is 0.280 e. The molecule has 0 fully saturated rings. The van der Waals surface area contributed by atoms with E-state index in [9.17, 15) is 4.39 Å². The third-order valence-corrected chi connectivity index (χ3v) is 3.76. The molecule has 1 aliphatic rings. The lowest BCUT2D eigenvalue weighted by atomic mass is 10.1. The Morgan fingerprint density at radius 1 is 1.28 bits per heavy atom. The molecule has 25 heavy (non-hydrogen) atoms. The molecule has 0 aliphatic carbocycles. The summed E-state index contributed by atoms with van der Waals surface area (Å²) >= 11 is 1.76. The Balaban J connectivity index is 2.01. The SMILES string of the molecule is CO/N=C(/C1=NOCCO1)c1ccccc1Oc1ncnc(I)c1F. The average molecular weight is 458 g/mol. The molecule has 0 amide bonds. The predicted molar refractivity (Wildman–Crippen MR) is 94.1 cm³/mol. The Labute approximate surface area is 155 Å². The van der Waals surface area contributed by atoms with Gasteiger partial charge < -0.3 is 19.1 Å². The molecule has 130 valence electrons. The number of ether oxygens (including phenoxy) is 2. The Hall–Kier alpha value is -2.50. The Bertz CT molecular complexity index is 831. The van der Waals surface area contributed by atoms with Crippen molar-refractivity contribution in [3.8, 4) is 11.6 Å². The zero-order valence-electron chi connectivity index (χ0n) is 13.0. The summed E-state index contributed by atoms with van der Waals surface area (Å²) < 4.78 is 25.4. The van der Waals surface area contributed by atoms with Gasteiger partial charge in [-0.05, 0) is 39.9 Å². The van der Waals surface area contributed by atoms with E-state index in [1.54, 1.807) is 46.9 Å². The lowest BCUT2D eigenvalue weighted by molar-refractivity contribution is 0.0672. The molecule has 0 atom stereocenters. The molecule has 8 nitrogen and oxygen atoms in total. The zero-order valence-corrected chi connectivity index (χ0v) is 15.1. The Kier molecular flexibility index (Phi) is 5.58. The fourth-order valence-corrected chi connectivity index (χ4v) is 2.33. The minimum atomic E-state index is -0.655. The molecule has 0 unspecified atom stereocenters. The van der Waals surface area contributed by atoms with Crippen LogP contribution in [0.3, 0.4) is 0 Å². The second-order valence-electron chi connectivity index (χ2n) is 4.58. The van der Waals surface area contributed by atoms with Crippen molar-refractivity contribution in [3.63, 3.8) is 0 Å². The highest BCUT2D eigenvalue weighted by Crippen LogP contribution is 2.28. The van der Waals surface area contributed by atoms with Crippen LogP contribution in [-0.2, 0) is 14.4 Å². The molecule has 0 radical (unpaired) electrons. The fourth-order valence-electron chi connectivity index (χ4n) is 1.97. The van der Waals surface area contributed by atoms with Gasteiger partial charge in [0.25, 0.3) is 11.8 Å². The van der Waals surface area contributed by atoms with E-state index in [1.807, 2.05) is 0 Å². The minimum Gasteiger partial charge on any atom is -0.470 e. The van der Waals surface area contributed by atoms with Crippen molar-refractivity contribution in [3.05, 3.63) is 45.7 Å². The normalized spacial score (nSPS) is 14.2. The van der Waals surface area contributed by atoms with Gasteiger partial charge in [0.05, 0.1) is 5.56 Å².